The molecule has 20 heavy (non-hydrogen) atoms. The highest BCUT2D eigenvalue weighted by molar-refractivity contribution is 7.89. The Hall–Kier alpha value is -0.520. The molecule has 0 aliphatic carbocycles. The first kappa shape index (κ1) is 15.9. The van der Waals surface area contributed by atoms with Gasteiger partial charge in [0, 0.05) is 18.7 Å². The van der Waals surface area contributed by atoms with E-state index in [-0.39, 0.29) is 16.2 Å². The smallest absolute Gasteiger partial charge is 0.246 e. The molecular formula is C14H22ClNO3S. The van der Waals surface area contributed by atoms with Gasteiger partial charge in [0.05, 0.1) is 5.88 Å². The summed E-state index contributed by atoms with van der Waals surface area (Å²) < 4.78 is 32.8. The zero-order chi connectivity index (χ0) is 15.1. The van der Waals surface area contributed by atoms with Crippen LogP contribution in [-0.2, 0) is 15.9 Å². The first-order valence-corrected chi connectivity index (χ1v) is 8.81. The second kappa shape index (κ2) is 5.35. The lowest BCUT2D eigenvalue weighted by atomic mass is 9.85. The number of alkyl halides is 1. The number of hydrogen-bond acceptors (Lipinski definition) is 3. The normalized spacial score (nSPS) is 20.2. The van der Waals surface area contributed by atoms with E-state index in [9.17, 15) is 8.42 Å². The van der Waals surface area contributed by atoms with E-state index >= 15 is 0 Å². The number of piperidine rings is 1. The molecule has 0 N–H and O–H groups in total. The van der Waals surface area contributed by atoms with Crippen molar-refractivity contribution >= 4 is 21.6 Å². The minimum atomic E-state index is -3.53. The number of furan rings is 1. The molecule has 1 saturated heterocycles. The Balaban J connectivity index is 2.45. The Morgan fingerprint density at radius 2 is 1.95 bits per heavy atom. The lowest BCUT2D eigenvalue weighted by Crippen LogP contribution is -2.43. The van der Waals surface area contributed by atoms with Gasteiger partial charge in [-0.05, 0) is 32.1 Å². The van der Waals surface area contributed by atoms with Crippen LogP contribution in [0.3, 0.4) is 0 Å². The summed E-state index contributed by atoms with van der Waals surface area (Å²) in [5, 5.41) is 0. The van der Waals surface area contributed by atoms with Crippen molar-refractivity contribution < 1.29 is 12.8 Å². The summed E-state index contributed by atoms with van der Waals surface area (Å²) in [4.78, 5) is 0.266. The van der Waals surface area contributed by atoms with E-state index in [1.54, 1.807) is 18.2 Å². The Morgan fingerprint density at radius 1 is 1.30 bits per heavy atom. The predicted octanol–water partition coefficient (Wildman–Crippen LogP) is 3.45. The van der Waals surface area contributed by atoms with Crippen LogP contribution in [0.25, 0.3) is 0 Å². The summed E-state index contributed by atoms with van der Waals surface area (Å²) in [6.07, 6.45) is 1.93. The van der Waals surface area contributed by atoms with Gasteiger partial charge >= 0.3 is 0 Å². The van der Waals surface area contributed by atoms with Crippen LogP contribution in [0, 0.1) is 19.3 Å². The van der Waals surface area contributed by atoms with Crippen LogP contribution in [0.4, 0.5) is 0 Å². The third-order valence-corrected chi connectivity index (χ3v) is 6.23. The maximum atomic E-state index is 12.9. The quantitative estimate of drug-likeness (QED) is 0.802. The molecule has 1 aliphatic rings. The highest BCUT2D eigenvalue weighted by Gasteiger charge is 2.37. The molecule has 2 rings (SSSR count). The average Bonchev–Trinajstić information content (AvgIpc) is 2.62. The third-order valence-electron chi connectivity index (χ3n) is 3.92. The fraction of sp³-hybridized carbons (Fsp3) is 0.714. The molecule has 1 aromatic rings. The molecule has 0 aromatic carbocycles. The molecule has 114 valence electrons. The minimum Gasteiger partial charge on any atom is -0.465 e. The number of aryl methyl sites for hydroxylation is 2. The Labute approximate surface area is 126 Å². The molecule has 4 nitrogen and oxygen atoms in total. The SMILES string of the molecule is Cc1oc(C)c(S(=O)(=O)N2CCCC(C)(C)C2)c1CCl. The van der Waals surface area contributed by atoms with Crippen molar-refractivity contribution in [3.8, 4) is 0 Å². The Morgan fingerprint density at radius 3 is 2.50 bits per heavy atom. The molecule has 0 spiro atoms. The van der Waals surface area contributed by atoms with Crippen LogP contribution in [0.2, 0.25) is 0 Å². The highest BCUT2D eigenvalue weighted by Crippen LogP contribution is 2.35. The van der Waals surface area contributed by atoms with E-state index in [1.807, 2.05) is 0 Å². The van der Waals surface area contributed by atoms with Crippen LogP contribution in [0.1, 0.15) is 43.8 Å². The Bertz CT molecular complexity index is 604. The summed E-state index contributed by atoms with van der Waals surface area (Å²) in [7, 11) is -3.53. The van der Waals surface area contributed by atoms with E-state index in [1.165, 1.54) is 0 Å². The third kappa shape index (κ3) is 2.76. The Kier molecular flexibility index (Phi) is 4.24. The van der Waals surface area contributed by atoms with E-state index in [0.717, 1.165) is 12.8 Å². The number of nitrogens with zero attached hydrogens (tertiary/aromatic N) is 1. The minimum absolute atomic E-state index is 0.0130. The monoisotopic (exact) mass is 319 g/mol. The van der Waals surface area contributed by atoms with Crippen molar-refractivity contribution in [2.45, 2.75) is 51.3 Å². The molecule has 0 bridgehead atoms. The van der Waals surface area contributed by atoms with Crippen LogP contribution in [-0.4, -0.2) is 25.8 Å². The topological polar surface area (TPSA) is 50.5 Å². The van der Waals surface area contributed by atoms with Gasteiger partial charge in [-0.25, -0.2) is 8.42 Å². The van der Waals surface area contributed by atoms with Crippen molar-refractivity contribution in [2.24, 2.45) is 5.41 Å². The van der Waals surface area contributed by atoms with Crippen molar-refractivity contribution in [1.82, 2.24) is 4.31 Å². The molecule has 1 fully saturated rings. The van der Waals surface area contributed by atoms with Crippen molar-refractivity contribution in [3.05, 3.63) is 17.1 Å². The number of halogens is 1. The van der Waals surface area contributed by atoms with Gasteiger partial charge in [0.25, 0.3) is 0 Å². The molecule has 6 heteroatoms. The van der Waals surface area contributed by atoms with Gasteiger partial charge in [-0.1, -0.05) is 13.8 Å². The first-order valence-electron chi connectivity index (χ1n) is 6.84. The summed E-state index contributed by atoms with van der Waals surface area (Å²) in [5.41, 5.74) is 0.603. The van der Waals surface area contributed by atoms with Crippen molar-refractivity contribution in [3.63, 3.8) is 0 Å². The van der Waals surface area contributed by atoms with Gasteiger partial charge in [-0.15, -0.1) is 11.6 Å². The van der Waals surface area contributed by atoms with E-state index in [2.05, 4.69) is 13.8 Å². The largest absolute Gasteiger partial charge is 0.465 e. The maximum absolute atomic E-state index is 12.9. The van der Waals surface area contributed by atoms with Gasteiger partial charge in [-0.3, -0.25) is 0 Å². The van der Waals surface area contributed by atoms with Crippen LogP contribution >= 0.6 is 11.6 Å². The zero-order valence-electron chi connectivity index (χ0n) is 12.5. The standard InChI is InChI=1S/C14H22ClNO3S/c1-10-12(8-15)13(11(2)19-10)20(17,18)16-7-5-6-14(3,4)9-16/h5-9H2,1-4H3. The summed E-state index contributed by atoms with van der Waals surface area (Å²) in [6, 6.07) is 0. The molecule has 2 heterocycles. The molecule has 1 aliphatic heterocycles. The lowest BCUT2D eigenvalue weighted by Gasteiger charge is -2.37. The highest BCUT2D eigenvalue weighted by atomic mass is 35.5. The zero-order valence-corrected chi connectivity index (χ0v) is 14.1. The molecule has 0 amide bonds. The molecule has 0 atom stereocenters. The fourth-order valence-corrected chi connectivity index (χ4v) is 5.39. The van der Waals surface area contributed by atoms with Gasteiger partial charge in [0.15, 0.2) is 0 Å². The molecule has 1 aromatic heterocycles. The van der Waals surface area contributed by atoms with Crippen LogP contribution < -0.4 is 0 Å². The summed E-state index contributed by atoms with van der Waals surface area (Å²) in [5.74, 6) is 1.17. The van der Waals surface area contributed by atoms with Crippen molar-refractivity contribution in [2.75, 3.05) is 13.1 Å². The number of rotatable bonds is 3. The van der Waals surface area contributed by atoms with Crippen LogP contribution in [0.15, 0.2) is 9.31 Å². The first-order chi connectivity index (χ1) is 9.19. The average molecular weight is 320 g/mol. The van der Waals surface area contributed by atoms with E-state index < -0.39 is 10.0 Å². The molecule has 0 saturated carbocycles. The number of hydrogen-bond donors (Lipinski definition) is 0. The van der Waals surface area contributed by atoms with E-state index in [4.69, 9.17) is 16.0 Å². The van der Waals surface area contributed by atoms with Gasteiger partial charge in [0.2, 0.25) is 10.0 Å². The van der Waals surface area contributed by atoms with E-state index in [0.29, 0.717) is 30.2 Å². The van der Waals surface area contributed by atoms with Gasteiger partial charge in [0.1, 0.15) is 16.4 Å². The van der Waals surface area contributed by atoms with Crippen LogP contribution in [0.5, 0.6) is 0 Å². The molecular weight excluding hydrogens is 298 g/mol. The maximum Gasteiger partial charge on any atom is 0.246 e. The second-order valence-electron chi connectivity index (χ2n) is 6.26. The molecule has 0 unspecified atom stereocenters. The second-order valence-corrected chi connectivity index (χ2v) is 8.40. The lowest BCUT2D eigenvalue weighted by molar-refractivity contribution is 0.186. The fourth-order valence-electron chi connectivity index (χ4n) is 2.91. The summed E-state index contributed by atoms with van der Waals surface area (Å²) >= 11 is 5.91. The van der Waals surface area contributed by atoms with Crippen molar-refractivity contribution in [1.29, 1.82) is 0 Å². The molecule has 0 radical (unpaired) electrons. The van der Waals surface area contributed by atoms with Gasteiger partial charge in [-0.2, -0.15) is 4.31 Å². The predicted molar refractivity (Wildman–Crippen MR) is 79.5 cm³/mol. The summed E-state index contributed by atoms with van der Waals surface area (Å²) in [6.45, 7) is 8.75. The van der Waals surface area contributed by atoms with Gasteiger partial charge < -0.3 is 4.42 Å². The number of sulfonamides is 1.